The maximum Gasteiger partial charge on any atom is 0.346 e. The largest absolute Gasteiger partial charge is 0.462 e. The van der Waals surface area contributed by atoms with Gasteiger partial charge in [0.05, 0.1) is 0 Å². The summed E-state index contributed by atoms with van der Waals surface area (Å²) in [4.78, 5) is 12.1. The van der Waals surface area contributed by atoms with E-state index in [1.807, 2.05) is 0 Å². The van der Waals surface area contributed by atoms with Crippen molar-refractivity contribution in [2.45, 2.75) is 39.0 Å². The Kier molecular flexibility index (Phi) is 2.79. The van der Waals surface area contributed by atoms with Gasteiger partial charge in [0.25, 0.3) is 0 Å². The molecule has 0 fully saturated rings. The maximum atomic E-state index is 12.1. The van der Waals surface area contributed by atoms with Crippen molar-refractivity contribution in [1.29, 1.82) is 0 Å². The minimum atomic E-state index is -0.130. The molecule has 96 valence electrons. The molecule has 0 amide bonds. The SMILES string of the molecule is O=c1n(Cc2ccc(CO)o2)nc2n1CCCC2. The molecule has 0 bridgehead atoms. The van der Waals surface area contributed by atoms with Crippen LogP contribution >= 0.6 is 0 Å². The van der Waals surface area contributed by atoms with Gasteiger partial charge in [0.15, 0.2) is 0 Å². The number of hydrogen-bond donors (Lipinski definition) is 1. The Morgan fingerprint density at radius 1 is 1.33 bits per heavy atom. The number of nitrogens with zero attached hydrogens (tertiary/aromatic N) is 3. The molecule has 3 rings (SSSR count). The fourth-order valence-electron chi connectivity index (χ4n) is 2.29. The van der Waals surface area contributed by atoms with Gasteiger partial charge in [0.2, 0.25) is 0 Å². The monoisotopic (exact) mass is 249 g/mol. The lowest BCUT2D eigenvalue weighted by atomic mass is 10.2. The molecule has 1 N–H and O–H groups in total. The van der Waals surface area contributed by atoms with Crippen LogP contribution in [0.5, 0.6) is 0 Å². The Morgan fingerprint density at radius 2 is 2.17 bits per heavy atom. The van der Waals surface area contributed by atoms with Gasteiger partial charge in [-0.25, -0.2) is 9.48 Å². The van der Waals surface area contributed by atoms with Crippen LogP contribution in [0.4, 0.5) is 0 Å². The van der Waals surface area contributed by atoms with Crippen molar-refractivity contribution in [3.05, 3.63) is 40.0 Å². The second-order valence-electron chi connectivity index (χ2n) is 4.49. The van der Waals surface area contributed by atoms with Gasteiger partial charge < -0.3 is 9.52 Å². The molecule has 3 heterocycles. The molecule has 1 aliphatic rings. The Labute approximate surface area is 103 Å². The highest BCUT2D eigenvalue weighted by atomic mass is 16.4. The van der Waals surface area contributed by atoms with E-state index in [9.17, 15) is 4.79 Å². The Bertz CT molecular complexity index is 608. The summed E-state index contributed by atoms with van der Waals surface area (Å²) in [6.45, 7) is 0.946. The number of furan rings is 1. The van der Waals surface area contributed by atoms with E-state index in [1.165, 1.54) is 4.68 Å². The van der Waals surface area contributed by atoms with Crippen molar-refractivity contribution >= 4 is 0 Å². The van der Waals surface area contributed by atoms with Crippen molar-refractivity contribution in [1.82, 2.24) is 14.3 Å². The van der Waals surface area contributed by atoms with Gasteiger partial charge in [-0.15, -0.1) is 0 Å². The standard InChI is InChI=1S/C12H15N3O3/c16-8-10-5-4-9(18-10)7-15-12(17)14-6-2-1-3-11(14)13-15/h4-5,16H,1-3,6-8H2. The molecular weight excluding hydrogens is 234 g/mol. The van der Waals surface area contributed by atoms with E-state index in [2.05, 4.69) is 5.10 Å². The number of aryl methyl sites for hydroxylation is 1. The van der Waals surface area contributed by atoms with Crippen LogP contribution in [0, 0.1) is 0 Å². The molecule has 0 radical (unpaired) electrons. The third kappa shape index (κ3) is 1.88. The van der Waals surface area contributed by atoms with Crippen LogP contribution in [-0.2, 0) is 26.1 Å². The molecule has 0 spiro atoms. The summed E-state index contributed by atoms with van der Waals surface area (Å²) < 4.78 is 8.53. The van der Waals surface area contributed by atoms with Crippen LogP contribution in [0.25, 0.3) is 0 Å². The Morgan fingerprint density at radius 3 is 2.89 bits per heavy atom. The molecule has 0 atom stereocenters. The zero-order valence-corrected chi connectivity index (χ0v) is 10.0. The number of rotatable bonds is 3. The maximum absolute atomic E-state index is 12.1. The normalized spacial score (nSPS) is 14.7. The molecule has 0 aromatic carbocycles. The van der Waals surface area contributed by atoms with Crippen molar-refractivity contribution in [2.24, 2.45) is 0 Å². The third-order valence-electron chi connectivity index (χ3n) is 3.21. The molecule has 0 saturated carbocycles. The van der Waals surface area contributed by atoms with Crippen LogP contribution in [0.3, 0.4) is 0 Å². The molecule has 1 aliphatic heterocycles. The van der Waals surface area contributed by atoms with Gasteiger partial charge in [0.1, 0.15) is 30.5 Å². The molecule has 6 heteroatoms. The number of fused-ring (bicyclic) bond motifs is 1. The smallest absolute Gasteiger partial charge is 0.346 e. The Balaban J connectivity index is 1.88. The molecule has 2 aromatic rings. The number of aliphatic hydroxyl groups is 1. The summed E-state index contributed by atoms with van der Waals surface area (Å²) in [6, 6.07) is 3.46. The first-order valence-electron chi connectivity index (χ1n) is 6.13. The first kappa shape index (κ1) is 11.3. The first-order valence-corrected chi connectivity index (χ1v) is 6.13. The molecule has 0 aliphatic carbocycles. The average molecular weight is 249 g/mol. The molecule has 0 saturated heterocycles. The lowest BCUT2D eigenvalue weighted by molar-refractivity contribution is 0.242. The second-order valence-corrected chi connectivity index (χ2v) is 4.49. The van der Waals surface area contributed by atoms with Crippen molar-refractivity contribution in [3.63, 3.8) is 0 Å². The van der Waals surface area contributed by atoms with E-state index in [4.69, 9.17) is 9.52 Å². The van der Waals surface area contributed by atoms with Gasteiger partial charge in [0, 0.05) is 13.0 Å². The van der Waals surface area contributed by atoms with Crippen LogP contribution in [-0.4, -0.2) is 19.5 Å². The van der Waals surface area contributed by atoms with E-state index in [0.717, 1.165) is 31.6 Å². The van der Waals surface area contributed by atoms with E-state index < -0.39 is 0 Å². The summed E-state index contributed by atoms with van der Waals surface area (Å²) in [6.07, 6.45) is 2.99. The molecule has 6 nitrogen and oxygen atoms in total. The van der Waals surface area contributed by atoms with Crippen LogP contribution < -0.4 is 5.69 Å². The molecule has 18 heavy (non-hydrogen) atoms. The van der Waals surface area contributed by atoms with Crippen LogP contribution in [0.15, 0.2) is 21.3 Å². The van der Waals surface area contributed by atoms with E-state index in [1.54, 1.807) is 16.7 Å². The lowest BCUT2D eigenvalue weighted by Crippen LogP contribution is -2.27. The predicted molar refractivity (Wildman–Crippen MR) is 63.2 cm³/mol. The summed E-state index contributed by atoms with van der Waals surface area (Å²) in [7, 11) is 0. The van der Waals surface area contributed by atoms with E-state index in [0.29, 0.717) is 18.1 Å². The molecule has 2 aromatic heterocycles. The van der Waals surface area contributed by atoms with Crippen molar-refractivity contribution < 1.29 is 9.52 Å². The summed E-state index contributed by atoms with van der Waals surface area (Å²) in [5, 5.41) is 13.2. The van der Waals surface area contributed by atoms with Crippen molar-refractivity contribution in [3.8, 4) is 0 Å². The van der Waals surface area contributed by atoms with Gasteiger partial charge in [-0.3, -0.25) is 4.57 Å². The zero-order valence-electron chi connectivity index (χ0n) is 10.0. The van der Waals surface area contributed by atoms with E-state index >= 15 is 0 Å². The minimum absolute atomic E-state index is 0.0772. The fraction of sp³-hybridized carbons (Fsp3) is 0.500. The molecular formula is C12H15N3O3. The van der Waals surface area contributed by atoms with E-state index in [-0.39, 0.29) is 12.3 Å². The van der Waals surface area contributed by atoms with Gasteiger partial charge >= 0.3 is 5.69 Å². The fourth-order valence-corrected chi connectivity index (χ4v) is 2.29. The van der Waals surface area contributed by atoms with Crippen molar-refractivity contribution in [2.75, 3.05) is 0 Å². The van der Waals surface area contributed by atoms with Crippen LogP contribution in [0.2, 0.25) is 0 Å². The lowest BCUT2D eigenvalue weighted by Gasteiger charge is -2.09. The highest BCUT2D eigenvalue weighted by molar-refractivity contribution is 5.06. The minimum Gasteiger partial charge on any atom is -0.462 e. The number of hydrogen-bond acceptors (Lipinski definition) is 4. The number of aromatic nitrogens is 3. The highest BCUT2D eigenvalue weighted by Crippen LogP contribution is 2.11. The summed E-state index contributed by atoms with van der Waals surface area (Å²) in [5.41, 5.74) is -0.0772. The van der Waals surface area contributed by atoms with Gasteiger partial charge in [-0.2, -0.15) is 5.10 Å². The summed E-state index contributed by atoms with van der Waals surface area (Å²) >= 11 is 0. The average Bonchev–Trinajstić information content (AvgIpc) is 2.97. The molecule has 0 unspecified atom stereocenters. The van der Waals surface area contributed by atoms with Gasteiger partial charge in [-0.1, -0.05) is 0 Å². The Hall–Kier alpha value is -1.82. The zero-order chi connectivity index (χ0) is 12.5. The quantitative estimate of drug-likeness (QED) is 0.860. The van der Waals surface area contributed by atoms with Crippen LogP contribution in [0.1, 0.15) is 30.2 Å². The summed E-state index contributed by atoms with van der Waals surface area (Å²) in [5.74, 6) is 2.00. The third-order valence-corrected chi connectivity index (χ3v) is 3.21. The van der Waals surface area contributed by atoms with Gasteiger partial charge in [-0.05, 0) is 25.0 Å². The topological polar surface area (TPSA) is 73.2 Å². The second kappa shape index (κ2) is 4.45. The number of aliphatic hydroxyl groups excluding tert-OH is 1. The first-order chi connectivity index (χ1) is 8.78. The predicted octanol–water partition coefficient (Wildman–Crippen LogP) is 0.515. The highest BCUT2D eigenvalue weighted by Gasteiger charge is 2.17.